The highest BCUT2D eigenvalue weighted by molar-refractivity contribution is 5.69. The molecule has 0 fully saturated rings. The maximum absolute atomic E-state index is 10.8. The molecule has 0 saturated carbocycles. The van der Waals surface area contributed by atoms with Crippen molar-refractivity contribution in [2.24, 2.45) is 5.11 Å². The van der Waals surface area contributed by atoms with E-state index in [4.69, 9.17) is 10.3 Å². The van der Waals surface area contributed by atoms with E-state index in [0.29, 0.717) is 19.4 Å². The van der Waals surface area contributed by atoms with Gasteiger partial charge >= 0.3 is 5.97 Å². The molecule has 0 aliphatic rings. The Balaban J connectivity index is 3.53. The number of hydrogen-bond acceptors (Lipinski definition) is 3. The lowest BCUT2D eigenvalue weighted by Crippen LogP contribution is -2.07. The first-order chi connectivity index (χ1) is 5.70. The summed E-state index contributed by atoms with van der Waals surface area (Å²) in [4.78, 5) is 13.4. The second-order valence-corrected chi connectivity index (χ2v) is 2.40. The molecule has 0 aromatic carbocycles. The quantitative estimate of drug-likeness (QED) is 0.274. The van der Waals surface area contributed by atoms with E-state index in [-0.39, 0.29) is 12.0 Å². The fourth-order valence-electron chi connectivity index (χ4n) is 0.706. The maximum atomic E-state index is 10.8. The minimum absolute atomic E-state index is 0.139. The van der Waals surface area contributed by atoms with Crippen LogP contribution in [0.3, 0.4) is 0 Å². The van der Waals surface area contributed by atoms with Crippen LogP contribution in [0.15, 0.2) is 5.11 Å². The second kappa shape index (κ2) is 6.49. The van der Waals surface area contributed by atoms with Crippen LogP contribution in [-0.4, -0.2) is 18.6 Å². The number of rotatable bonds is 5. The second-order valence-electron chi connectivity index (χ2n) is 2.40. The van der Waals surface area contributed by atoms with Gasteiger partial charge in [0.15, 0.2) is 0 Å². The molecule has 1 unspecified atom stereocenters. The van der Waals surface area contributed by atoms with Gasteiger partial charge in [-0.2, -0.15) is 0 Å². The molecule has 0 bridgehead atoms. The smallest absolute Gasteiger partial charge is 0.305 e. The first-order valence-electron chi connectivity index (χ1n) is 3.90. The van der Waals surface area contributed by atoms with Gasteiger partial charge in [-0.1, -0.05) is 12.0 Å². The van der Waals surface area contributed by atoms with Crippen molar-refractivity contribution in [3.05, 3.63) is 10.4 Å². The van der Waals surface area contributed by atoms with E-state index >= 15 is 0 Å². The number of carbonyl (C=O) groups excluding carboxylic acids is 1. The lowest BCUT2D eigenvalue weighted by atomic mass is 10.2. The van der Waals surface area contributed by atoms with Gasteiger partial charge in [-0.3, -0.25) is 4.79 Å². The summed E-state index contributed by atoms with van der Waals surface area (Å²) in [5.74, 6) is -0.238. The molecular weight excluding hydrogens is 158 g/mol. The monoisotopic (exact) mass is 171 g/mol. The van der Waals surface area contributed by atoms with Gasteiger partial charge in [0.05, 0.1) is 6.61 Å². The van der Waals surface area contributed by atoms with Gasteiger partial charge in [-0.05, 0) is 18.9 Å². The van der Waals surface area contributed by atoms with E-state index in [9.17, 15) is 4.79 Å². The van der Waals surface area contributed by atoms with E-state index in [1.54, 1.807) is 13.8 Å². The average molecular weight is 171 g/mol. The Morgan fingerprint density at radius 1 is 1.75 bits per heavy atom. The summed E-state index contributed by atoms with van der Waals surface area (Å²) >= 11 is 0. The fourth-order valence-corrected chi connectivity index (χ4v) is 0.706. The molecule has 0 rings (SSSR count). The zero-order valence-corrected chi connectivity index (χ0v) is 7.36. The molecule has 0 aliphatic heterocycles. The van der Waals surface area contributed by atoms with Crippen molar-refractivity contribution >= 4 is 5.97 Å². The van der Waals surface area contributed by atoms with Crippen molar-refractivity contribution in [1.29, 1.82) is 0 Å². The Morgan fingerprint density at radius 2 is 2.42 bits per heavy atom. The van der Waals surface area contributed by atoms with Gasteiger partial charge in [0.1, 0.15) is 0 Å². The molecule has 0 heterocycles. The van der Waals surface area contributed by atoms with Crippen LogP contribution in [0.2, 0.25) is 0 Å². The van der Waals surface area contributed by atoms with E-state index in [1.165, 1.54) is 0 Å². The molecule has 0 spiro atoms. The van der Waals surface area contributed by atoms with E-state index < -0.39 is 0 Å². The predicted molar refractivity (Wildman–Crippen MR) is 44.5 cm³/mol. The zero-order chi connectivity index (χ0) is 9.40. The third-order valence-electron chi connectivity index (χ3n) is 1.32. The SMILES string of the molecule is CCOC(=O)CCC(C)N=[N+]=[N-]. The summed E-state index contributed by atoms with van der Waals surface area (Å²) in [5, 5.41) is 3.43. The molecule has 0 aromatic rings. The van der Waals surface area contributed by atoms with Gasteiger partial charge in [-0.25, -0.2) is 0 Å². The molecule has 1 atom stereocenters. The minimum atomic E-state index is -0.238. The van der Waals surface area contributed by atoms with Crippen LogP contribution >= 0.6 is 0 Å². The summed E-state index contributed by atoms with van der Waals surface area (Å²) in [6.07, 6.45) is 0.858. The van der Waals surface area contributed by atoms with Crippen molar-refractivity contribution in [3.63, 3.8) is 0 Å². The third-order valence-corrected chi connectivity index (χ3v) is 1.32. The molecule has 0 saturated heterocycles. The summed E-state index contributed by atoms with van der Waals surface area (Å²) in [5.41, 5.74) is 8.05. The number of esters is 1. The Morgan fingerprint density at radius 3 is 2.92 bits per heavy atom. The third kappa shape index (κ3) is 5.56. The molecule has 12 heavy (non-hydrogen) atoms. The number of carbonyl (C=O) groups is 1. The fraction of sp³-hybridized carbons (Fsp3) is 0.857. The summed E-state index contributed by atoms with van der Waals surface area (Å²) < 4.78 is 4.70. The van der Waals surface area contributed by atoms with Gasteiger partial charge in [0.25, 0.3) is 0 Å². The molecule has 0 amide bonds. The summed E-state index contributed by atoms with van der Waals surface area (Å²) in [6, 6.07) is -0.139. The molecule has 5 heteroatoms. The first kappa shape index (κ1) is 10.8. The van der Waals surface area contributed by atoms with Crippen LogP contribution < -0.4 is 0 Å². The Labute approximate surface area is 71.3 Å². The standard InChI is InChI=1S/C7H13N3O2/c1-3-12-7(11)5-4-6(2)9-10-8/h6H,3-5H2,1-2H3. The van der Waals surface area contributed by atoms with E-state index in [1.807, 2.05) is 0 Å². The normalized spacial score (nSPS) is 11.5. The number of azide groups is 1. The van der Waals surface area contributed by atoms with Crippen molar-refractivity contribution in [1.82, 2.24) is 0 Å². The molecule has 5 nitrogen and oxygen atoms in total. The molecule has 0 radical (unpaired) electrons. The zero-order valence-electron chi connectivity index (χ0n) is 7.36. The Hall–Kier alpha value is -1.22. The summed E-state index contributed by atoms with van der Waals surface area (Å²) in [6.45, 7) is 3.92. The van der Waals surface area contributed by atoms with Crippen molar-refractivity contribution in [2.75, 3.05) is 6.61 Å². The van der Waals surface area contributed by atoms with Crippen molar-refractivity contribution in [2.45, 2.75) is 32.7 Å². The van der Waals surface area contributed by atoms with Gasteiger partial charge < -0.3 is 4.74 Å². The minimum Gasteiger partial charge on any atom is -0.466 e. The lowest BCUT2D eigenvalue weighted by molar-refractivity contribution is -0.143. The van der Waals surface area contributed by atoms with Crippen molar-refractivity contribution < 1.29 is 9.53 Å². The number of hydrogen-bond donors (Lipinski definition) is 0. The number of ether oxygens (including phenoxy) is 1. The van der Waals surface area contributed by atoms with E-state index in [2.05, 4.69) is 10.0 Å². The molecule has 0 aromatic heterocycles. The topological polar surface area (TPSA) is 75.1 Å². The Bertz CT molecular complexity index is 187. The maximum Gasteiger partial charge on any atom is 0.305 e. The predicted octanol–water partition coefficient (Wildman–Crippen LogP) is 2.03. The molecule has 0 aliphatic carbocycles. The summed E-state index contributed by atoms with van der Waals surface area (Å²) in [7, 11) is 0. The van der Waals surface area contributed by atoms with Gasteiger partial charge in [0, 0.05) is 17.4 Å². The molecule has 68 valence electrons. The van der Waals surface area contributed by atoms with Crippen LogP contribution in [0.5, 0.6) is 0 Å². The van der Waals surface area contributed by atoms with Gasteiger partial charge in [-0.15, -0.1) is 0 Å². The average Bonchev–Trinajstić information content (AvgIpc) is 2.02. The van der Waals surface area contributed by atoms with Crippen LogP contribution in [-0.2, 0) is 9.53 Å². The van der Waals surface area contributed by atoms with E-state index in [0.717, 1.165) is 0 Å². The highest BCUT2D eigenvalue weighted by atomic mass is 16.5. The molecule has 0 N–H and O–H groups in total. The van der Waals surface area contributed by atoms with Crippen LogP contribution in [0, 0.1) is 0 Å². The highest BCUT2D eigenvalue weighted by Gasteiger charge is 2.04. The van der Waals surface area contributed by atoms with Gasteiger partial charge in [0.2, 0.25) is 0 Å². The largest absolute Gasteiger partial charge is 0.466 e. The first-order valence-corrected chi connectivity index (χ1v) is 3.90. The van der Waals surface area contributed by atoms with Crippen LogP contribution in [0.1, 0.15) is 26.7 Å². The number of nitrogens with zero attached hydrogens (tertiary/aromatic N) is 3. The molecular formula is C7H13N3O2. The van der Waals surface area contributed by atoms with Crippen molar-refractivity contribution in [3.8, 4) is 0 Å². The lowest BCUT2D eigenvalue weighted by Gasteiger charge is -2.03. The Kier molecular flexibility index (Phi) is 5.83. The van der Waals surface area contributed by atoms with Crippen LogP contribution in [0.25, 0.3) is 10.4 Å². The van der Waals surface area contributed by atoms with Crippen LogP contribution in [0.4, 0.5) is 0 Å². The highest BCUT2D eigenvalue weighted by Crippen LogP contribution is 2.02.